The summed E-state index contributed by atoms with van der Waals surface area (Å²) in [6.07, 6.45) is 4.77. The van der Waals surface area contributed by atoms with Crippen molar-refractivity contribution in [2.45, 2.75) is 48.6 Å². The number of rotatable bonds is 7. The third-order valence-corrected chi connectivity index (χ3v) is 10.2. The molecule has 3 aliphatic heterocycles. The molecule has 1 N–H and O–H groups in total. The average Bonchev–Trinajstić information content (AvgIpc) is 3.16. The van der Waals surface area contributed by atoms with Crippen LogP contribution < -0.4 is 5.32 Å². The van der Waals surface area contributed by atoms with E-state index in [0.29, 0.717) is 15.6 Å². The molecular weight excluding hydrogens is 595 g/mol. The Balaban J connectivity index is 0.00000370. The Morgan fingerprint density at radius 2 is 1.75 bits per heavy atom. The SMILES string of the molecule is CN1C(=O)c2cc(S(C)(=O)=O)ccc2C1C(CCN1CCC(N2CCCNC2=O)CC1)c1ccc(Cl)c(Cl)c1.Cl. The summed E-state index contributed by atoms with van der Waals surface area (Å²) in [5, 5.41) is 3.88. The molecule has 12 heteroatoms. The van der Waals surface area contributed by atoms with Crippen molar-refractivity contribution >= 4 is 57.4 Å². The van der Waals surface area contributed by atoms with E-state index in [9.17, 15) is 18.0 Å². The molecule has 0 radical (unpaired) electrons. The third-order valence-electron chi connectivity index (χ3n) is 8.36. The fraction of sp³-hybridized carbons (Fsp3) is 0.500. The van der Waals surface area contributed by atoms with E-state index in [1.807, 2.05) is 17.0 Å². The van der Waals surface area contributed by atoms with Gasteiger partial charge in [-0.2, -0.15) is 0 Å². The number of nitrogens with zero attached hydrogens (tertiary/aromatic N) is 3. The molecule has 218 valence electrons. The molecule has 3 aliphatic rings. The predicted octanol–water partition coefficient (Wildman–Crippen LogP) is 5.00. The van der Waals surface area contributed by atoms with Crippen molar-refractivity contribution in [1.82, 2.24) is 20.0 Å². The summed E-state index contributed by atoms with van der Waals surface area (Å²) in [4.78, 5) is 31.9. The van der Waals surface area contributed by atoms with Crippen molar-refractivity contribution in [3.63, 3.8) is 0 Å². The van der Waals surface area contributed by atoms with Crippen molar-refractivity contribution in [3.05, 3.63) is 63.1 Å². The Morgan fingerprint density at radius 3 is 2.40 bits per heavy atom. The Morgan fingerprint density at radius 1 is 1.02 bits per heavy atom. The van der Waals surface area contributed by atoms with Crippen LogP contribution >= 0.6 is 35.6 Å². The maximum Gasteiger partial charge on any atom is 0.317 e. The molecule has 2 aromatic carbocycles. The number of amides is 3. The molecule has 40 heavy (non-hydrogen) atoms. The van der Waals surface area contributed by atoms with Gasteiger partial charge in [0.2, 0.25) is 0 Å². The highest BCUT2D eigenvalue weighted by atomic mass is 35.5. The molecule has 5 rings (SSSR count). The predicted molar refractivity (Wildman–Crippen MR) is 160 cm³/mol. The Hall–Kier alpha value is -2.04. The molecule has 0 aromatic heterocycles. The van der Waals surface area contributed by atoms with Gasteiger partial charge in [-0.05, 0) is 67.6 Å². The number of sulfone groups is 1. The molecular formula is C28H35Cl3N4O4S. The van der Waals surface area contributed by atoms with Gasteiger partial charge in [-0.15, -0.1) is 12.4 Å². The number of hydrogen-bond donors (Lipinski definition) is 1. The zero-order chi connectivity index (χ0) is 27.9. The van der Waals surface area contributed by atoms with Crippen LogP contribution in [0.4, 0.5) is 4.79 Å². The smallest absolute Gasteiger partial charge is 0.317 e. The number of halogens is 3. The van der Waals surface area contributed by atoms with Gasteiger partial charge in [0.1, 0.15) is 0 Å². The molecule has 8 nitrogen and oxygen atoms in total. The topological polar surface area (TPSA) is 90.0 Å². The number of carbonyl (C=O) groups excluding carboxylic acids is 2. The molecule has 3 heterocycles. The highest BCUT2D eigenvalue weighted by molar-refractivity contribution is 7.90. The van der Waals surface area contributed by atoms with Gasteiger partial charge in [0.15, 0.2) is 9.84 Å². The molecule has 2 unspecified atom stereocenters. The number of benzene rings is 2. The normalized spacial score (nSPS) is 21.1. The van der Waals surface area contributed by atoms with Gasteiger partial charge in [-0.1, -0.05) is 35.3 Å². The Labute approximate surface area is 252 Å². The van der Waals surface area contributed by atoms with Gasteiger partial charge >= 0.3 is 6.03 Å². The molecule has 2 fully saturated rings. The van der Waals surface area contributed by atoms with Crippen molar-refractivity contribution in [1.29, 1.82) is 0 Å². The van der Waals surface area contributed by atoms with Crippen LogP contribution in [0.15, 0.2) is 41.3 Å². The van der Waals surface area contributed by atoms with E-state index in [0.717, 1.165) is 75.8 Å². The zero-order valence-corrected chi connectivity index (χ0v) is 25.8. The van der Waals surface area contributed by atoms with Crippen LogP contribution in [0.2, 0.25) is 10.0 Å². The second-order valence-corrected chi connectivity index (χ2v) is 13.6. The van der Waals surface area contributed by atoms with Gasteiger partial charge in [-0.25, -0.2) is 13.2 Å². The number of fused-ring (bicyclic) bond motifs is 1. The van der Waals surface area contributed by atoms with Gasteiger partial charge in [0.25, 0.3) is 5.91 Å². The second-order valence-electron chi connectivity index (χ2n) is 10.8. The standard InChI is InChI=1S/C28H34Cl2N4O4S.ClH/c1-32-26(22-6-5-20(39(2,37)38)17-23(22)27(32)35)21(18-4-7-24(29)25(30)16-18)10-15-33-13-8-19(9-14-33)34-12-3-11-31-28(34)36;/h4-7,16-17,19,21,26H,3,8-15H2,1-2H3,(H,31,36);1H. The number of urea groups is 1. The molecule has 2 saturated heterocycles. The molecule has 2 atom stereocenters. The Kier molecular flexibility index (Phi) is 9.62. The quantitative estimate of drug-likeness (QED) is 0.466. The molecule has 3 amide bonds. The maximum atomic E-state index is 13.3. The monoisotopic (exact) mass is 628 g/mol. The summed E-state index contributed by atoms with van der Waals surface area (Å²) in [6.45, 7) is 4.19. The maximum absolute atomic E-state index is 13.3. The molecule has 0 aliphatic carbocycles. The second kappa shape index (κ2) is 12.4. The minimum atomic E-state index is -3.44. The van der Waals surface area contributed by atoms with Crippen LogP contribution in [-0.4, -0.2) is 87.1 Å². The van der Waals surface area contributed by atoms with Crippen LogP contribution in [-0.2, 0) is 9.84 Å². The lowest BCUT2D eigenvalue weighted by atomic mass is 9.84. The van der Waals surface area contributed by atoms with E-state index < -0.39 is 9.84 Å². The molecule has 2 aromatic rings. The van der Waals surface area contributed by atoms with Crippen molar-refractivity contribution in [2.75, 3.05) is 46.0 Å². The first-order chi connectivity index (χ1) is 18.5. The first kappa shape index (κ1) is 30.9. The van der Waals surface area contributed by atoms with Crippen molar-refractivity contribution < 1.29 is 18.0 Å². The van der Waals surface area contributed by atoms with E-state index in [-0.39, 0.29) is 47.2 Å². The highest BCUT2D eigenvalue weighted by Crippen LogP contribution is 2.45. The number of likely N-dealkylation sites (tertiary alicyclic amines) is 1. The van der Waals surface area contributed by atoms with Crippen LogP contribution in [0.1, 0.15) is 59.1 Å². The minimum Gasteiger partial charge on any atom is -0.338 e. The molecule has 0 saturated carbocycles. The molecule has 0 spiro atoms. The molecule has 0 bridgehead atoms. The number of nitrogens with one attached hydrogen (secondary N) is 1. The van der Waals surface area contributed by atoms with Gasteiger partial charge in [0, 0.05) is 57.0 Å². The fourth-order valence-corrected chi connectivity index (χ4v) is 7.20. The first-order valence-electron chi connectivity index (χ1n) is 13.4. The van der Waals surface area contributed by atoms with Crippen LogP contribution in [0.3, 0.4) is 0 Å². The van der Waals surface area contributed by atoms with E-state index in [1.54, 1.807) is 30.1 Å². The lowest BCUT2D eigenvalue weighted by Crippen LogP contribution is -2.54. The summed E-state index contributed by atoms with van der Waals surface area (Å²) >= 11 is 12.7. The minimum absolute atomic E-state index is 0. The van der Waals surface area contributed by atoms with Gasteiger partial charge in [-0.3, -0.25) is 4.79 Å². The van der Waals surface area contributed by atoms with Crippen molar-refractivity contribution in [3.8, 4) is 0 Å². The summed E-state index contributed by atoms with van der Waals surface area (Å²) in [6, 6.07) is 10.5. The first-order valence-corrected chi connectivity index (χ1v) is 16.0. The number of hydrogen-bond acceptors (Lipinski definition) is 5. The van der Waals surface area contributed by atoms with E-state index in [1.165, 1.54) is 6.07 Å². The number of likely N-dealkylation sites (N-methyl/N-ethyl adjacent to an activating group) is 1. The Bertz CT molecular complexity index is 1380. The fourth-order valence-electron chi connectivity index (χ4n) is 6.24. The average molecular weight is 630 g/mol. The van der Waals surface area contributed by atoms with E-state index in [2.05, 4.69) is 10.2 Å². The summed E-state index contributed by atoms with van der Waals surface area (Å²) < 4.78 is 24.3. The third kappa shape index (κ3) is 6.23. The number of carbonyl (C=O) groups is 2. The highest BCUT2D eigenvalue weighted by Gasteiger charge is 2.40. The van der Waals surface area contributed by atoms with Crippen molar-refractivity contribution in [2.24, 2.45) is 0 Å². The van der Waals surface area contributed by atoms with Gasteiger partial charge < -0.3 is 20.0 Å². The van der Waals surface area contributed by atoms with E-state index >= 15 is 0 Å². The van der Waals surface area contributed by atoms with Crippen LogP contribution in [0.5, 0.6) is 0 Å². The lowest BCUT2D eigenvalue weighted by Gasteiger charge is -2.40. The van der Waals surface area contributed by atoms with E-state index in [4.69, 9.17) is 23.2 Å². The zero-order valence-electron chi connectivity index (χ0n) is 22.6. The lowest BCUT2D eigenvalue weighted by molar-refractivity contribution is 0.0740. The van der Waals surface area contributed by atoms with Gasteiger partial charge in [0.05, 0.1) is 21.0 Å². The van der Waals surface area contributed by atoms with Crippen LogP contribution in [0, 0.1) is 0 Å². The summed E-state index contributed by atoms with van der Waals surface area (Å²) in [5.41, 5.74) is 2.23. The van der Waals surface area contributed by atoms with Crippen LogP contribution in [0.25, 0.3) is 0 Å². The number of piperidine rings is 1. The summed E-state index contributed by atoms with van der Waals surface area (Å²) in [7, 11) is -1.67. The largest absolute Gasteiger partial charge is 0.338 e. The summed E-state index contributed by atoms with van der Waals surface area (Å²) in [5.74, 6) is -0.268.